The molecule has 0 saturated heterocycles. The van der Waals surface area contributed by atoms with Crippen molar-refractivity contribution >= 4 is 33.2 Å². The number of hydrogen-bond acceptors (Lipinski definition) is 4. The zero-order chi connectivity index (χ0) is 24.0. The molecule has 6 nitrogen and oxygen atoms in total. The highest BCUT2D eigenvalue weighted by atomic mass is 35.5. The number of hydrogen-bond donors (Lipinski definition) is 1. The van der Waals surface area contributed by atoms with E-state index < -0.39 is 34.3 Å². The van der Waals surface area contributed by atoms with Crippen molar-refractivity contribution in [3.8, 4) is 5.75 Å². The monoisotopic (exact) mass is 490 g/mol. The highest BCUT2D eigenvalue weighted by Crippen LogP contribution is 2.27. The molecule has 0 heterocycles. The lowest BCUT2D eigenvalue weighted by atomic mass is 10.2. The van der Waals surface area contributed by atoms with E-state index in [0.717, 1.165) is 15.9 Å². The number of amides is 1. The molecule has 9 heteroatoms. The van der Waals surface area contributed by atoms with Crippen molar-refractivity contribution in [1.29, 1.82) is 0 Å². The summed E-state index contributed by atoms with van der Waals surface area (Å²) in [6.45, 7) is 3.35. The average molecular weight is 491 g/mol. The van der Waals surface area contributed by atoms with Crippen LogP contribution < -0.4 is 14.4 Å². The molecule has 174 valence electrons. The molecule has 3 aromatic rings. The van der Waals surface area contributed by atoms with Crippen molar-refractivity contribution < 1.29 is 22.3 Å². The summed E-state index contributed by atoms with van der Waals surface area (Å²) < 4.78 is 46.9. The van der Waals surface area contributed by atoms with Crippen LogP contribution in [0.2, 0.25) is 5.02 Å². The number of sulfonamides is 1. The molecule has 0 aromatic heterocycles. The Morgan fingerprint density at radius 3 is 2.42 bits per heavy atom. The van der Waals surface area contributed by atoms with Gasteiger partial charge in [-0.2, -0.15) is 0 Å². The Bertz CT molecular complexity index is 1220. The van der Waals surface area contributed by atoms with Gasteiger partial charge in [0.15, 0.2) is 0 Å². The predicted molar refractivity (Wildman–Crippen MR) is 127 cm³/mol. The van der Waals surface area contributed by atoms with E-state index in [2.05, 4.69) is 5.32 Å². The second kappa shape index (κ2) is 10.7. The van der Waals surface area contributed by atoms with Gasteiger partial charge >= 0.3 is 0 Å². The van der Waals surface area contributed by atoms with Gasteiger partial charge in [0.2, 0.25) is 5.91 Å². The summed E-state index contributed by atoms with van der Waals surface area (Å²) in [4.78, 5) is 12.8. The van der Waals surface area contributed by atoms with E-state index in [0.29, 0.717) is 5.75 Å². The summed E-state index contributed by atoms with van der Waals surface area (Å²) in [5, 5.41) is 2.49. The minimum atomic E-state index is -4.12. The topological polar surface area (TPSA) is 75.7 Å². The number of benzene rings is 3. The Morgan fingerprint density at radius 2 is 1.76 bits per heavy atom. The molecule has 0 aliphatic rings. The van der Waals surface area contributed by atoms with Crippen LogP contribution in [0.3, 0.4) is 0 Å². The van der Waals surface area contributed by atoms with Crippen LogP contribution in [0.4, 0.5) is 10.1 Å². The van der Waals surface area contributed by atoms with Gasteiger partial charge in [-0.1, -0.05) is 48.0 Å². The molecule has 3 aromatic carbocycles. The average Bonchev–Trinajstić information content (AvgIpc) is 2.79. The molecule has 1 N–H and O–H groups in total. The molecule has 1 unspecified atom stereocenters. The van der Waals surface area contributed by atoms with Gasteiger partial charge in [0.05, 0.1) is 21.6 Å². The zero-order valence-corrected chi connectivity index (χ0v) is 19.7. The van der Waals surface area contributed by atoms with E-state index in [9.17, 15) is 17.6 Å². The van der Waals surface area contributed by atoms with E-state index in [-0.39, 0.29) is 22.2 Å². The van der Waals surface area contributed by atoms with E-state index in [1.165, 1.54) is 24.3 Å². The van der Waals surface area contributed by atoms with Crippen LogP contribution in [0.5, 0.6) is 5.75 Å². The maximum atomic E-state index is 13.7. The third-order valence-electron chi connectivity index (χ3n) is 4.80. The van der Waals surface area contributed by atoms with E-state index >= 15 is 0 Å². The Hall–Kier alpha value is -3.10. The molecular weight excluding hydrogens is 467 g/mol. The van der Waals surface area contributed by atoms with Gasteiger partial charge in [0, 0.05) is 0 Å². The molecule has 0 aliphatic heterocycles. The summed E-state index contributed by atoms with van der Waals surface area (Å²) in [6.07, 6.45) is 0. The number of carbonyl (C=O) groups is 1. The Morgan fingerprint density at radius 1 is 1.09 bits per heavy atom. The van der Waals surface area contributed by atoms with Gasteiger partial charge in [-0.15, -0.1) is 0 Å². The quantitative estimate of drug-likeness (QED) is 0.477. The molecule has 0 aliphatic carbocycles. The molecule has 0 radical (unpaired) electrons. The molecule has 0 saturated carbocycles. The van der Waals surface area contributed by atoms with Crippen LogP contribution in [0, 0.1) is 12.7 Å². The highest BCUT2D eigenvalue weighted by molar-refractivity contribution is 7.92. The first-order valence-electron chi connectivity index (χ1n) is 10.2. The fourth-order valence-electron chi connectivity index (χ4n) is 3.10. The summed E-state index contributed by atoms with van der Waals surface area (Å²) >= 11 is 5.87. The largest absolute Gasteiger partial charge is 0.491 e. The molecule has 1 amide bonds. The number of halogens is 2. The Labute approximate surface area is 198 Å². The van der Waals surface area contributed by atoms with Gasteiger partial charge in [-0.25, -0.2) is 12.8 Å². The predicted octanol–water partition coefficient (Wildman–Crippen LogP) is 4.57. The van der Waals surface area contributed by atoms with Crippen LogP contribution in [0.15, 0.2) is 77.7 Å². The second-order valence-corrected chi connectivity index (χ2v) is 9.74. The summed E-state index contributed by atoms with van der Waals surface area (Å²) in [7, 11) is -4.12. The summed E-state index contributed by atoms with van der Waals surface area (Å²) in [6, 6.07) is 18.3. The number of aryl methyl sites for hydroxylation is 1. The molecule has 3 rings (SSSR count). The van der Waals surface area contributed by atoms with Crippen molar-refractivity contribution in [3.05, 3.63) is 89.2 Å². The van der Waals surface area contributed by atoms with E-state index in [1.807, 2.05) is 31.2 Å². The maximum absolute atomic E-state index is 13.7. The molecular formula is C24H24ClFN2O4S. The number of para-hydroxylation sites is 1. The first-order valence-corrected chi connectivity index (χ1v) is 12.0. The van der Waals surface area contributed by atoms with Crippen molar-refractivity contribution in [3.63, 3.8) is 0 Å². The summed E-state index contributed by atoms with van der Waals surface area (Å²) in [5.74, 6) is -0.535. The third-order valence-corrected chi connectivity index (χ3v) is 6.88. The molecule has 1 atom stereocenters. The fourth-order valence-corrected chi connectivity index (χ4v) is 4.71. The summed E-state index contributed by atoms with van der Waals surface area (Å²) in [5.41, 5.74) is 1.04. The minimum Gasteiger partial charge on any atom is -0.491 e. The van der Waals surface area contributed by atoms with Crippen LogP contribution in [-0.4, -0.2) is 33.5 Å². The van der Waals surface area contributed by atoms with Crippen LogP contribution in [0.25, 0.3) is 0 Å². The van der Waals surface area contributed by atoms with E-state index in [4.69, 9.17) is 16.3 Å². The molecule has 33 heavy (non-hydrogen) atoms. The smallest absolute Gasteiger partial charge is 0.264 e. The van der Waals surface area contributed by atoms with Crippen LogP contribution >= 0.6 is 11.6 Å². The van der Waals surface area contributed by atoms with Crippen molar-refractivity contribution in [1.82, 2.24) is 5.32 Å². The number of nitrogens with one attached hydrogen (secondary N) is 1. The normalized spacial score (nSPS) is 12.1. The Kier molecular flexibility index (Phi) is 7.94. The van der Waals surface area contributed by atoms with Crippen molar-refractivity contribution in [2.24, 2.45) is 0 Å². The van der Waals surface area contributed by atoms with Crippen molar-refractivity contribution in [2.45, 2.75) is 24.8 Å². The molecule has 0 fully saturated rings. The van der Waals surface area contributed by atoms with E-state index in [1.54, 1.807) is 25.1 Å². The Balaban J connectivity index is 1.77. The van der Waals surface area contributed by atoms with Gasteiger partial charge in [0.25, 0.3) is 10.0 Å². The van der Waals surface area contributed by atoms with Crippen LogP contribution in [0.1, 0.15) is 12.5 Å². The SMILES string of the molecule is Cc1ccccc1OCC(C)NC(=O)CN(c1ccc(F)c(Cl)c1)S(=O)(=O)c1ccccc1. The fraction of sp³-hybridized carbons (Fsp3) is 0.208. The molecule has 0 bridgehead atoms. The van der Waals surface area contributed by atoms with Gasteiger partial charge < -0.3 is 10.1 Å². The lowest BCUT2D eigenvalue weighted by molar-refractivity contribution is -0.120. The highest BCUT2D eigenvalue weighted by Gasteiger charge is 2.28. The van der Waals surface area contributed by atoms with Crippen LogP contribution in [-0.2, 0) is 14.8 Å². The van der Waals surface area contributed by atoms with Crippen molar-refractivity contribution in [2.75, 3.05) is 17.5 Å². The third kappa shape index (κ3) is 6.24. The number of rotatable bonds is 9. The maximum Gasteiger partial charge on any atom is 0.264 e. The second-order valence-electron chi connectivity index (χ2n) is 7.47. The standard InChI is InChI=1S/C24H24ClFN2O4S/c1-17-8-6-7-11-23(17)32-16-18(2)27-24(29)15-28(19-12-13-22(26)21(25)14-19)33(30,31)20-9-4-3-5-10-20/h3-14,18H,15-16H2,1-2H3,(H,27,29). The first kappa shape index (κ1) is 24.5. The van der Waals surface area contributed by atoms with Gasteiger partial charge in [-0.05, 0) is 55.8 Å². The lowest BCUT2D eigenvalue weighted by Gasteiger charge is -2.25. The van der Waals surface area contributed by atoms with Gasteiger partial charge in [-0.3, -0.25) is 9.10 Å². The lowest BCUT2D eigenvalue weighted by Crippen LogP contribution is -2.45. The van der Waals surface area contributed by atoms with Gasteiger partial charge in [0.1, 0.15) is 24.7 Å². The number of carbonyl (C=O) groups excluding carboxylic acids is 1. The number of anilines is 1. The zero-order valence-electron chi connectivity index (χ0n) is 18.2. The first-order chi connectivity index (χ1) is 15.7. The number of nitrogens with zero attached hydrogens (tertiary/aromatic N) is 1. The molecule has 0 spiro atoms. The number of ether oxygens (including phenoxy) is 1. The minimum absolute atomic E-state index is 0.00539.